The van der Waals surface area contributed by atoms with Crippen LogP contribution in [0, 0.1) is 0 Å². The molecule has 0 saturated carbocycles. The molecule has 0 aliphatic rings. The summed E-state index contributed by atoms with van der Waals surface area (Å²) in [7, 11) is -0.0452. The van der Waals surface area contributed by atoms with Gasteiger partial charge in [0.1, 0.15) is 10.6 Å². The van der Waals surface area contributed by atoms with Crippen LogP contribution >= 0.6 is 0 Å². The molecule has 2 aromatic rings. The lowest BCUT2D eigenvalue weighted by molar-refractivity contribution is 0.0515. The maximum atomic E-state index is 12.4. The monoisotopic (exact) mass is 393 g/mol. The Labute approximate surface area is 161 Å². The number of carbonyl (C=O) groups excluding carboxylic acids is 1. The number of aryl methyl sites for hydroxylation is 1. The van der Waals surface area contributed by atoms with Gasteiger partial charge in [0, 0.05) is 26.3 Å². The Morgan fingerprint density at radius 3 is 2.63 bits per heavy atom. The molecule has 0 fully saturated rings. The lowest BCUT2D eigenvalue weighted by Crippen LogP contribution is -2.28. The van der Waals surface area contributed by atoms with Gasteiger partial charge in [0.25, 0.3) is 0 Å². The van der Waals surface area contributed by atoms with Crippen LogP contribution in [0.3, 0.4) is 0 Å². The molecule has 0 saturated heterocycles. The number of benzene rings is 1. The third-order valence-corrected chi connectivity index (χ3v) is 5.51. The molecule has 0 amide bonds. The van der Waals surface area contributed by atoms with Crippen LogP contribution in [0.5, 0.6) is 0 Å². The highest BCUT2D eigenvalue weighted by Crippen LogP contribution is 2.14. The predicted molar refractivity (Wildman–Crippen MR) is 104 cm³/mol. The van der Waals surface area contributed by atoms with Gasteiger partial charge in [0.2, 0.25) is 10.0 Å². The number of aromatic nitrogens is 1. The Hall–Kier alpha value is -2.16. The number of sulfonamides is 1. The van der Waals surface area contributed by atoms with E-state index in [2.05, 4.69) is 21.8 Å². The van der Waals surface area contributed by atoms with Crippen LogP contribution in [0.15, 0.2) is 47.5 Å². The van der Waals surface area contributed by atoms with Gasteiger partial charge in [-0.05, 0) is 38.6 Å². The molecular weight excluding hydrogens is 366 g/mol. The first-order valence-electron chi connectivity index (χ1n) is 8.89. The summed E-state index contributed by atoms with van der Waals surface area (Å²) in [6, 6.07) is 11.5. The number of hydrogen-bond donors (Lipinski definition) is 1. The summed E-state index contributed by atoms with van der Waals surface area (Å²) in [5.41, 5.74) is 1.43. The molecule has 27 heavy (non-hydrogen) atoms. The topological polar surface area (TPSA) is 80.6 Å². The molecule has 1 heterocycles. The normalized spacial score (nSPS) is 11.7. The van der Waals surface area contributed by atoms with Crippen LogP contribution in [0.1, 0.15) is 29.4 Å². The smallest absolute Gasteiger partial charge is 0.354 e. The standard InChI is InChI=1S/C19H27N3O4S/c1-4-26-19(23)18-13-17(15-22(18)3)27(24,25)20-11-8-12-21(2)14-16-9-6-5-7-10-16/h5-7,9-10,13,15,20H,4,8,11-12,14H2,1-3H3. The first-order chi connectivity index (χ1) is 12.8. The lowest BCUT2D eigenvalue weighted by Gasteiger charge is -2.16. The molecule has 8 heteroatoms. The second-order valence-electron chi connectivity index (χ2n) is 6.37. The summed E-state index contributed by atoms with van der Waals surface area (Å²) >= 11 is 0. The summed E-state index contributed by atoms with van der Waals surface area (Å²) in [4.78, 5) is 14.0. The summed E-state index contributed by atoms with van der Waals surface area (Å²) in [5.74, 6) is -0.538. The highest BCUT2D eigenvalue weighted by atomic mass is 32.2. The average molecular weight is 394 g/mol. The predicted octanol–water partition coefficient (Wildman–Crippen LogP) is 2.00. The average Bonchev–Trinajstić information content (AvgIpc) is 3.03. The number of carbonyl (C=O) groups is 1. The van der Waals surface area contributed by atoms with E-state index in [4.69, 9.17) is 4.74 Å². The molecule has 148 valence electrons. The summed E-state index contributed by atoms with van der Waals surface area (Å²) < 4.78 is 33.8. The largest absolute Gasteiger partial charge is 0.461 e. The summed E-state index contributed by atoms with van der Waals surface area (Å²) in [6.45, 7) is 3.84. The molecule has 0 unspecified atom stereocenters. The van der Waals surface area contributed by atoms with Gasteiger partial charge in [0.05, 0.1) is 6.61 Å². The van der Waals surface area contributed by atoms with E-state index in [0.29, 0.717) is 13.0 Å². The molecular formula is C19H27N3O4S. The van der Waals surface area contributed by atoms with Crippen LogP contribution in [0.25, 0.3) is 0 Å². The first kappa shape index (κ1) is 21.1. The minimum Gasteiger partial charge on any atom is -0.461 e. The number of esters is 1. The molecule has 1 aromatic carbocycles. The van der Waals surface area contributed by atoms with Crippen molar-refractivity contribution in [1.29, 1.82) is 0 Å². The van der Waals surface area contributed by atoms with E-state index in [-0.39, 0.29) is 17.2 Å². The molecule has 1 aromatic heterocycles. The number of ether oxygens (including phenoxy) is 1. The van der Waals surface area contributed by atoms with E-state index in [1.54, 1.807) is 14.0 Å². The molecule has 0 atom stereocenters. The molecule has 0 bridgehead atoms. The third-order valence-electron chi connectivity index (χ3n) is 4.08. The zero-order valence-electron chi connectivity index (χ0n) is 16.0. The van der Waals surface area contributed by atoms with Gasteiger partial charge in [0.15, 0.2) is 0 Å². The van der Waals surface area contributed by atoms with E-state index in [9.17, 15) is 13.2 Å². The Morgan fingerprint density at radius 2 is 1.96 bits per heavy atom. The maximum absolute atomic E-state index is 12.4. The maximum Gasteiger partial charge on any atom is 0.354 e. The van der Waals surface area contributed by atoms with Crippen LogP contribution in [0.2, 0.25) is 0 Å². The Balaban J connectivity index is 1.84. The van der Waals surface area contributed by atoms with E-state index in [0.717, 1.165) is 13.1 Å². The number of nitrogens with zero attached hydrogens (tertiary/aromatic N) is 2. The molecule has 2 rings (SSSR count). The van der Waals surface area contributed by atoms with Crippen molar-refractivity contribution >= 4 is 16.0 Å². The summed E-state index contributed by atoms with van der Waals surface area (Å²) in [5, 5.41) is 0. The SMILES string of the molecule is CCOC(=O)c1cc(S(=O)(=O)NCCCN(C)Cc2ccccc2)cn1C. The molecule has 0 aliphatic heterocycles. The van der Waals surface area contributed by atoms with Gasteiger partial charge in [-0.1, -0.05) is 30.3 Å². The van der Waals surface area contributed by atoms with Crippen molar-refractivity contribution in [3.63, 3.8) is 0 Å². The van der Waals surface area contributed by atoms with Crippen molar-refractivity contribution < 1.29 is 17.9 Å². The number of rotatable bonds is 10. The van der Waals surface area contributed by atoms with Gasteiger partial charge in [-0.3, -0.25) is 0 Å². The van der Waals surface area contributed by atoms with Crippen molar-refractivity contribution in [3.05, 3.63) is 53.9 Å². The second kappa shape index (κ2) is 9.68. The highest BCUT2D eigenvalue weighted by Gasteiger charge is 2.20. The summed E-state index contributed by atoms with van der Waals surface area (Å²) in [6.07, 6.45) is 2.09. The Morgan fingerprint density at radius 1 is 1.26 bits per heavy atom. The second-order valence-corrected chi connectivity index (χ2v) is 8.13. The molecule has 0 radical (unpaired) electrons. The highest BCUT2D eigenvalue weighted by molar-refractivity contribution is 7.89. The van der Waals surface area contributed by atoms with Crippen molar-refractivity contribution in [1.82, 2.24) is 14.2 Å². The van der Waals surface area contributed by atoms with Crippen molar-refractivity contribution in [2.75, 3.05) is 26.7 Å². The van der Waals surface area contributed by atoms with Gasteiger partial charge in [-0.15, -0.1) is 0 Å². The number of hydrogen-bond acceptors (Lipinski definition) is 5. The van der Waals surface area contributed by atoms with Crippen molar-refractivity contribution in [3.8, 4) is 0 Å². The van der Waals surface area contributed by atoms with E-state index >= 15 is 0 Å². The minimum atomic E-state index is -3.66. The van der Waals surface area contributed by atoms with E-state index in [1.165, 1.54) is 22.4 Å². The molecule has 0 aliphatic carbocycles. The van der Waals surface area contributed by atoms with Crippen LogP contribution < -0.4 is 4.72 Å². The van der Waals surface area contributed by atoms with Crippen LogP contribution in [-0.4, -0.2) is 50.6 Å². The van der Waals surface area contributed by atoms with Gasteiger partial charge >= 0.3 is 5.97 Å². The quantitative estimate of drug-likeness (QED) is 0.493. The number of nitrogens with one attached hydrogen (secondary N) is 1. The van der Waals surface area contributed by atoms with Gasteiger partial charge in [-0.2, -0.15) is 0 Å². The zero-order valence-corrected chi connectivity index (χ0v) is 16.8. The molecule has 0 spiro atoms. The molecule has 1 N–H and O–H groups in total. The minimum absolute atomic E-state index is 0.0608. The van der Waals surface area contributed by atoms with Crippen LogP contribution in [0.4, 0.5) is 0 Å². The fourth-order valence-electron chi connectivity index (χ4n) is 2.70. The Bertz CT molecular complexity index is 847. The van der Waals surface area contributed by atoms with Crippen LogP contribution in [-0.2, 0) is 28.4 Å². The fourth-order valence-corrected chi connectivity index (χ4v) is 3.85. The molecule has 7 nitrogen and oxygen atoms in total. The first-order valence-corrected chi connectivity index (χ1v) is 10.4. The van der Waals surface area contributed by atoms with E-state index in [1.807, 2.05) is 25.2 Å². The van der Waals surface area contributed by atoms with Gasteiger partial charge < -0.3 is 14.2 Å². The van der Waals surface area contributed by atoms with Crippen molar-refractivity contribution in [2.45, 2.75) is 24.8 Å². The Kier molecular flexibility index (Phi) is 7.58. The zero-order chi connectivity index (χ0) is 19.9. The third kappa shape index (κ3) is 6.20. The fraction of sp³-hybridized carbons (Fsp3) is 0.421. The van der Waals surface area contributed by atoms with E-state index < -0.39 is 16.0 Å². The lowest BCUT2D eigenvalue weighted by atomic mass is 10.2. The van der Waals surface area contributed by atoms with Crippen molar-refractivity contribution in [2.24, 2.45) is 7.05 Å². The van der Waals surface area contributed by atoms with Gasteiger partial charge in [-0.25, -0.2) is 17.9 Å².